The molecule has 0 spiro atoms. The number of pyridine rings is 1. The van der Waals surface area contributed by atoms with Crippen LogP contribution in [-0.4, -0.2) is 32.7 Å². The molecule has 0 amide bonds. The number of ether oxygens (including phenoxy) is 1. The van der Waals surface area contributed by atoms with E-state index in [0.29, 0.717) is 41.6 Å². The molecule has 30 heavy (non-hydrogen) atoms. The number of fused-ring (bicyclic) bond motifs is 1. The lowest BCUT2D eigenvalue weighted by Crippen LogP contribution is -2.18. The minimum atomic E-state index is -4.45. The van der Waals surface area contributed by atoms with E-state index in [1.165, 1.54) is 6.07 Å². The number of halogens is 3. The van der Waals surface area contributed by atoms with Crippen molar-refractivity contribution in [1.29, 1.82) is 0 Å². The molecule has 3 aromatic rings. The Kier molecular flexibility index (Phi) is 5.69. The Bertz CT molecular complexity index is 1020. The summed E-state index contributed by atoms with van der Waals surface area (Å²) in [5.74, 6) is 1.02. The van der Waals surface area contributed by atoms with Crippen molar-refractivity contribution < 1.29 is 22.5 Å². The van der Waals surface area contributed by atoms with Crippen LogP contribution in [-0.2, 0) is 35.4 Å². The van der Waals surface area contributed by atoms with E-state index in [-0.39, 0.29) is 5.82 Å². The van der Waals surface area contributed by atoms with Crippen LogP contribution in [0.3, 0.4) is 0 Å². The lowest BCUT2D eigenvalue weighted by molar-refractivity contribution is -0.137. The van der Waals surface area contributed by atoms with Gasteiger partial charge in [-0.3, -0.25) is 0 Å². The number of nitrogens with one attached hydrogen (secondary N) is 2. The molecule has 1 aliphatic heterocycles. The molecule has 11 heteroatoms. The third kappa shape index (κ3) is 4.29. The van der Waals surface area contributed by atoms with E-state index >= 15 is 0 Å². The van der Waals surface area contributed by atoms with Gasteiger partial charge in [0.25, 0.3) is 0 Å². The Hall–Kier alpha value is -2.60. The number of hydrogen-bond donors (Lipinski definition) is 2. The fourth-order valence-corrected chi connectivity index (χ4v) is 3.72. The van der Waals surface area contributed by atoms with E-state index in [9.17, 15) is 17.7 Å². The number of anilines is 2. The van der Waals surface area contributed by atoms with Crippen LogP contribution in [0.5, 0.6) is 0 Å². The SMILES string of the molecule is CN[S+]([O-])c1ccc(Nc2ccc(C(F)(F)F)cn2)c(-c2cn3c(n2)COCC3)c1. The largest absolute Gasteiger partial charge is 0.593 e. The van der Waals surface area contributed by atoms with Crippen molar-refractivity contribution >= 4 is 22.9 Å². The summed E-state index contributed by atoms with van der Waals surface area (Å²) in [4.78, 5) is 9.01. The van der Waals surface area contributed by atoms with Gasteiger partial charge in [-0.1, -0.05) is 0 Å². The number of aromatic nitrogens is 3. The van der Waals surface area contributed by atoms with Gasteiger partial charge in [0.05, 0.1) is 29.2 Å². The second kappa shape index (κ2) is 8.26. The predicted molar refractivity (Wildman–Crippen MR) is 105 cm³/mol. The van der Waals surface area contributed by atoms with Crippen molar-refractivity contribution in [2.24, 2.45) is 0 Å². The van der Waals surface area contributed by atoms with Crippen LogP contribution in [0.25, 0.3) is 11.3 Å². The van der Waals surface area contributed by atoms with Gasteiger partial charge in [0, 0.05) is 43.3 Å². The van der Waals surface area contributed by atoms with Crippen LogP contribution in [0, 0.1) is 0 Å². The molecule has 0 saturated carbocycles. The summed E-state index contributed by atoms with van der Waals surface area (Å²) in [6, 6.07) is 7.33. The highest BCUT2D eigenvalue weighted by molar-refractivity contribution is 7.89. The first-order chi connectivity index (χ1) is 14.3. The summed E-state index contributed by atoms with van der Waals surface area (Å²) in [6.07, 6.45) is -1.79. The monoisotopic (exact) mass is 437 g/mol. The minimum absolute atomic E-state index is 0.249. The summed E-state index contributed by atoms with van der Waals surface area (Å²) < 4.78 is 60.7. The maximum Gasteiger partial charge on any atom is 0.417 e. The average molecular weight is 437 g/mol. The number of benzene rings is 1. The predicted octanol–water partition coefficient (Wildman–Crippen LogP) is 3.48. The van der Waals surface area contributed by atoms with Gasteiger partial charge in [0.2, 0.25) is 0 Å². The van der Waals surface area contributed by atoms with E-state index in [1.54, 1.807) is 25.2 Å². The number of rotatable bonds is 5. The van der Waals surface area contributed by atoms with Gasteiger partial charge in [0.1, 0.15) is 18.2 Å². The van der Waals surface area contributed by atoms with Crippen LogP contribution in [0.4, 0.5) is 24.7 Å². The first-order valence-corrected chi connectivity index (χ1v) is 10.2. The number of hydrogen-bond acceptors (Lipinski definition) is 6. The third-order valence-corrected chi connectivity index (χ3v) is 5.64. The summed E-state index contributed by atoms with van der Waals surface area (Å²) >= 11 is -1.41. The third-order valence-electron chi connectivity index (χ3n) is 4.59. The lowest BCUT2D eigenvalue weighted by atomic mass is 10.1. The maximum atomic E-state index is 12.8. The topological polar surface area (TPSA) is 87.1 Å². The van der Waals surface area contributed by atoms with Crippen LogP contribution >= 0.6 is 0 Å². The van der Waals surface area contributed by atoms with Crippen molar-refractivity contribution in [2.45, 2.75) is 24.2 Å². The Balaban J connectivity index is 1.71. The van der Waals surface area contributed by atoms with E-state index in [4.69, 9.17) is 4.74 Å². The molecule has 0 radical (unpaired) electrons. The molecule has 1 aromatic carbocycles. The van der Waals surface area contributed by atoms with E-state index in [0.717, 1.165) is 18.1 Å². The Morgan fingerprint density at radius 2 is 2.07 bits per heavy atom. The Morgan fingerprint density at radius 3 is 2.73 bits per heavy atom. The Labute approximate surface area is 173 Å². The molecule has 2 N–H and O–H groups in total. The first kappa shape index (κ1) is 20.7. The van der Waals surface area contributed by atoms with E-state index in [2.05, 4.69) is 20.0 Å². The number of imidazole rings is 1. The molecule has 1 aliphatic rings. The first-order valence-electron chi connectivity index (χ1n) is 9.03. The second-order valence-electron chi connectivity index (χ2n) is 6.52. The van der Waals surface area contributed by atoms with Gasteiger partial charge < -0.3 is 19.2 Å². The molecule has 1 atom stereocenters. The van der Waals surface area contributed by atoms with Gasteiger partial charge in [-0.15, -0.1) is 4.72 Å². The van der Waals surface area contributed by atoms with Crippen molar-refractivity contribution in [1.82, 2.24) is 19.3 Å². The number of nitrogens with zero attached hydrogens (tertiary/aromatic N) is 3. The molecule has 158 valence electrons. The summed E-state index contributed by atoms with van der Waals surface area (Å²) in [6.45, 7) is 1.66. The fraction of sp³-hybridized carbons (Fsp3) is 0.263. The molecule has 0 saturated heterocycles. The van der Waals surface area contributed by atoms with Gasteiger partial charge in [-0.2, -0.15) is 13.2 Å². The molecule has 0 fully saturated rings. The average Bonchev–Trinajstić information content (AvgIpc) is 3.17. The van der Waals surface area contributed by atoms with Gasteiger partial charge in [-0.25, -0.2) is 9.97 Å². The van der Waals surface area contributed by atoms with Crippen molar-refractivity contribution in [3.63, 3.8) is 0 Å². The zero-order chi connectivity index (χ0) is 21.3. The molecule has 0 bridgehead atoms. The van der Waals surface area contributed by atoms with Crippen molar-refractivity contribution in [2.75, 3.05) is 19.0 Å². The molecule has 2 aromatic heterocycles. The molecular weight excluding hydrogens is 419 g/mol. The molecule has 7 nitrogen and oxygen atoms in total. The highest BCUT2D eigenvalue weighted by Gasteiger charge is 2.30. The van der Waals surface area contributed by atoms with Crippen molar-refractivity contribution in [3.8, 4) is 11.3 Å². The van der Waals surface area contributed by atoms with Gasteiger partial charge >= 0.3 is 6.18 Å². The van der Waals surface area contributed by atoms with Crippen LogP contribution in [0.2, 0.25) is 0 Å². The highest BCUT2D eigenvalue weighted by atomic mass is 32.2. The van der Waals surface area contributed by atoms with Gasteiger partial charge in [-0.05, 0) is 24.3 Å². The molecule has 1 unspecified atom stereocenters. The smallest absolute Gasteiger partial charge is 0.417 e. The van der Waals surface area contributed by atoms with Crippen LogP contribution < -0.4 is 10.0 Å². The maximum absolute atomic E-state index is 12.8. The standard InChI is InChI=1S/C19H18F3N5O2S/c1-23-30(28)13-3-4-15(25-17-5-2-12(9-24-17)19(20,21)22)14(8-13)16-10-27-6-7-29-11-18(27)26-16/h2-5,8-10,23H,6-7,11H2,1H3,(H,24,25). The second-order valence-corrected chi connectivity index (χ2v) is 7.94. The molecule has 0 aliphatic carbocycles. The minimum Gasteiger partial charge on any atom is -0.593 e. The Morgan fingerprint density at radius 1 is 1.23 bits per heavy atom. The zero-order valence-corrected chi connectivity index (χ0v) is 16.7. The quantitative estimate of drug-likeness (QED) is 0.595. The van der Waals surface area contributed by atoms with Gasteiger partial charge in [0.15, 0.2) is 4.90 Å². The fourth-order valence-electron chi connectivity index (χ4n) is 3.07. The molecule has 3 heterocycles. The summed E-state index contributed by atoms with van der Waals surface area (Å²) in [5, 5.41) is 3.04. The molecular formula is C19H18F3N5O2S. The molecule has 4 rings (SSSR count). The summed E-state index contributed by atoms with van der Waals surface area (Å²) in [7, 11) is 1.58. The zero-order valence-electron chi connectivity index (χ0n) is 15.9. The number of alkyl halides is 3. The van der Waals surface area contributed by atoms with Crippen LogP contribution in [0.15, 0.2) is 47.6 Å². The van der Waals surface area contributed by atoms with E-state index < -0.39 is 23.1 Å². The normalized spacial score (nSPS) is 15.0. The van der Waals surface area contributed by atoms with Crippen LogP contribution in [0.1, 0.15) is 11.4 Å². The highest BCUT2D eigenvalue weighted by Crippen LogP contribution is 2.33. The summed E-state index contributed by atoms with van der Waals surface area (Å²) in [5.41, 5.74) is 1.05. The van der Waals surface area contributed by atoms with Crippen molar-refractivity contribution in [3.05, 3.63) is 54.1 Å². The van der Waals surface area contributed by atoms with E-state index in [1.807, 2.05) is 10.8 Å². The lowest BCUT2D eigenvalue weighted by Gasteiger charge is -2.14.